The summed E-state index contributed by atoms with van der Waals surface area (Å²) in [5.74, 6) is 1.38. The maximum absolute atomic E-state index is 16.7. The molecule has 3 unspecified atom stereocenters. The first-order valence-corrected chi connectivity index (χ1v) is 15.6. The largest absolute Gasteiger partial charge is 0.461 e. The fraction of sp³-hybridized carbons (Fsp3) is 0.485. The Kier molecular flexibility index (Phi) is 6.30. The lowest BCUT2D eigenvalue weighted by Gasteiger charge is -2.34. The Morgan fingerprint density at radius 2 is 1.95 bits per heavy atom. The van der Waals surface area contributed by atoms with Crippen molar-refractivity contribution in [3.63, 3.8) is 0 Å². The van der Waals surface area contributed by atoms with Crippen LogP contribution in [-0.4, -0.2) is 64.3 Å². The van der Waals surface area contributed by atoms with Gasteiger partial charge in [0.1, 0.15) is 29.8 Å². The summed E-state index contributed by atoms with van der Waals surface area (Å²) in [6.45, 7) is 5.36. The normalized spacial score (nSPS) is 27.3. The van der Waals surface area contributed by atoms with Gasteiger partial charge in [0.15, 0.2) is 5.82 Å². The predicted molar refractivity (Wildman–Crippen MR) is 162 cm³/mol. The second-order valence-corrected chi connectivity index (χ2v) is 13.4. The zero-order valence-corrected chi connectivity index (χ0v) is 24.5. The molecule has 2 aromatic carbocycles. The highest BCUT2D eigenvalue weighted by Crippen LogP contribution is 2.43. The summed E-state index contributed by atoms with van der Waals surface area (Å²) in [4.78, 5) is 18.7. The number of alkyl halides is 1. The summed E-state index contributed by atoms with van der Waals surface area (Å²) in [6.07, 6.45) is 6.88. The van der Waals surface area contributed by atoms with Crippen LogP contribution in [0.1, 0.15) is 44.1 Å². The summed E-state index contributed by atoms with van der Waals surface area (Å²) in [7, 11) is 0. The molecule has 6 nitrogen and oxygen atoms in total. The van der Waals surface area contributed by atoms with Crippen LogP contribution < -0.4 is 9.64 Å². The van der Waals surface area contributed by atoms with Gasteiger partial charge in [-0.1, -0.05) is 29.8 Å². The number of aryl methyl sites for hydroxylation is 1. The van der Waals surface area contributed by atoms with Gasteiger partial charge in [-0.2, -0.15) is 9.97 Å². The van der Waals surface area contributed by atoms with Gasteiger partial charge in [0, 0.05) is 48.2 Å². The zero-order chi connectivity index (χ0) is 28.6. The van der Waals surface area contributed by atoms with Crippen LogP contribution in [0.3, 0.4) is 0 Å². The van der Waals surface area contributed by atoms with Crippen LogP contribution in [0.25, 0.3) is 32.9 Å². The molecule has 9 heteroatoms. The molecule has 2 bridgehead atoms. The minimum Gasteiger partial charge on any atom is -0.461 e. The van der Waals surface area contributed by atoms with E-state index in [1.807, 2.05) is 37.3 Å². The van der Waals surface area contributed by atoms with Gasteiger partial charge in [0.05, 0.1) is 10.9 Å². The van der Waals surface area contributed by atoms with Gasteiger partial charge < -0.3 is 9.64 Å². The van der Waals surface area contributed by atoms with E-state index in [0.717, 1.165) is 48.8 Å². The number of pyridine rings is 1. The molecule has 8 rings (SSSR count). The number of piperidine rings is 1. The van der Waals surface area contributed by atoms with Crippen LogP contribution in [0.4, 0.5) is 14.6 Å². The molecule has 0 N–H and O–H groups in total. The summed E-state index contributed by atoms with van der Waals surface area (Å²) in [5, 5.41) is 2.82. The SMILES string of the molecule is Cc1cc(-c2ncc3c(N4CC5CCC(C5)C4)nc(OCC45CCCN4C[C@H](F)C5)nc3c2F)c2c(Cl)cccc2c1. The predicted octanol–water partition coefficient (Wildman–Crippen LogP) is 7.14. The minimum atomic E-state index is -0.854. The van der Waals surface area contributed by atoms with E-state index in [1.165, 1.54) is 19.3 Å². The van der Waals surface area contributed by atoms with Crippen molar-refractivity contribution in [1.29, 1.82) is 0 Å². The summed E-state index contributed by atoms with van der Waals surface area (Å²) < 4.78 is 37.4. The molecule has 1 aliphatic carbocycles. The van der Waals surface area contributed by atoms with Gasteiger partial charge in [-0.15, -0.1) is 0 Å². The van der Waals surface area contributed by atoms with E-state index in [1.54, 1.807) is 6.20 Å². The quantitative estimate of drug-likeness (QED) is 0.247. The van der Waals surface area contributed by atoms with Crippen molar-refractivity contribution in [2.45, 2.75) is 57.2 Å². The molecule has 0 radical (unpaired) electrons. The first-order valence-electron chi connectivity index (χ1n) is 15.2. The molecule has 42 heavy (non-hydrogen) atoms. The van der Waals surface area contributed by atoms with Crippen LogP contribution >= 0.6 is 11.6 Å². The van der Waals surface area contributed by atoms with Crippen molar-refractivity contribution < 1.29 is 13.5 Å². The molecule has 4 aromatic rings. The molecular weight excluding hydrogens is 556 g/mol. The third kappa shape index (κ3) is 4.32. The smallest absolute Gasteiger partial charge is 0.319 e. The lowest BCUT2D eigenvalue weighted by molar-refractivity contribution is 0.107. The Balaban J connectivity index is 1.26. The third-order valence-corrected chi connectivity index (χ3v) is 10.4. The lowest BCUT2D eigenvalue weighted by atomic mass is 9.95. The van der Waals surface area contributed by atoms with Crippen molar-refractivity contribution in [2.24, 2.45) is 11.8 Å². The zero-order valence-electron chi connectivity index (χ0n) is 23.8. The molecule has 0 spiro atoms. The second-order valence-electron chi connectivity index (χ2n) is 13.0. The molecule has 218 valence electrons. The first-order chi connectivity index (χ1) is 20.4. The van der Waals surface area contributed by atoms with E-state index in [9.17, 15) is 4.39 Å². The number of hydrogen-bond donors (Lipinski definition) is 0. The van der Waals surface area contributed by atoms with E-state index in [0.29, 0.717) is 53.2 Å². The molecule has 4 aliphatic rings. The van der Waals surface area contributed by atoms with E-state index in [2.05, 4.69) is 19.8 Å². The average molecular weight is 590 g/mol. The van der Waals surface area contributed by atoms with E-state index in [-0.39, 0.29) is 22.8 Å². The van der Waals surface area contributed by atoms with Gasteiger partial charge in [-0.25, -0.2) is 8.78 Å². The summed E-state index contributed by atoms with van der Waals surface area (Å²) in [6, 6.07) is 9.79. The minimum absolute atomic E-state index is 0.141. The summed E-state index contributed by atoms with van der Waals surface area (Å²) >= 11 is 6.64. The van der Waals surface area contributed by atoms with Gasteiger partial charge in [0.25, 0.3) is 0 Å². The number of nitrogens with zero attached hydrogens (tertiary/aromatic N) is 5. The molecule has 4 atom stereocenters. The van der Waals surface area contributed by atoms with Crippen molar-refractivity contribution in [3.8, 4) is 17.3 Å². The van der Waals surface area contributed by atoms with E-state index in [4.69, 9.17) is 21.3 Å². The highest BCUT2D eigenvalue weighted by Gasteiger charge is 2.49. The fourth-order valence-electron chi connectivity index (χ4n) is 8.26. The van der Waals surface area contributed by atoms with Gasteiger partial charge >= 0.3 is 6.01 Å². The van der Waals surface area contributed by atoms with Gasteiger partial charge in [-0.3, -0.25) is 9.88 Å². The molecule has 5 heterocycles. The maximum Gasteiger partial charge on any atom is 0.319 e. The molecule has 3 saturated heterocycles. The molecule has 4 fully saturated rings. The first kappa shape index (κ1) is 26.5. The number of fused-ring (bicyclic) bond motifs is 5. The Morgan fingerprint density at radius 1 is 1.12 bits per heavy atom. The third-order valence-electron chi connectivity index (χ3n) is 10.1. The Labute approximate surface area is 249 Å². The summed E-state index contributed by atoms with van der Waals surface area (Å²) in [5.41, 5.74) is 1.67. The molecule has 0 amide bonds. The van der Waals surface area contributed by atoms with Crippen molar-refractivity contribution in [3.05, 3.63) is 52.9 Å². The number of aromatic nitrogens is 3. The monoisotopic (exact) mass is 589 g/mol. The number of ether oxygens (including phenoxy) is 1. The number of hydrogen-bond acceptors (Lipinski definition) is 6. The highest BCUT2D eigenvalue weighted by molar-refractivity contribution is 6.36. The van der Waals surface area contributed by atoms with Crippen LogP contribution in [0.2, 0.25) is 5.02 Å². The second kappa shape index (κ2) is 9.98. The van der Waals surface area contributed by atoms with E-state index >= 15 is 4.39 Å². The molecular formula is C33H34ClF2N5O. The fourth-order valence-corrected chi connectivity index (χ4v) is 8.55. The molecule has 1 saturated carbocycles. The highest BCUT2D eigenvalue weighted by atomic mass is 35.5. The number of benzene rings is 2. The van der Waals surface area contributed by atoms with Gasteiger partial charge in [0.2, 0.25) is 0 Å². The van der Waals surface area contributed by atoms with Crippen molar-refractivity contribution in [2.75, 3.05) is 37.7 Å². The van der Waals surface area contributed by atoms with Gasteiger partial charge in [-0.05, 0) is 80.5 Å². The Morgan fingerprint density at radius 3 is 2.79 bits per heavy atom. The van der Waals surface area contributed by atoms with Crippen molar-refractivity contribution in [1.82, 2.24) is 19.9 Å². The molecule has 2 aromatic heterocycles. The topological polar surface area (TPSA) is 54.4 Å². The lowest BCUT2D eigenvalue weighted by Crippen LogP contribution is -2.43. The van der Waals surface area contributed by atoms with Crippen LogP contribution in [0, 0.1) is 24.6 Å². The number of halogens is 3. The number of anilines is 1. The standard InChI is InChI=1S/C33H34ClF2N5O/c1-19-10-22-4-2-5-26(34)27(22)24(11-19)29-28(36)30-25(14-37-29)31(40-15-20-6-7-21(12-20)16-40)39-32(38-30)42-18-33-8-3-9-41(33)17-23(35)13-33/h2,4-5,10-11,14,20-21,23H,3,6-9,12-13,15-18H2,1H3/t20?,21?,23-,33?/m1/s1. The van der Waals surface area contributed by atoms with E-state index < -0.39 is 12.0 Å². The van der Waals surface area contributed by atoms with Crippen LogP contribution in [-0.2, 0) is 0 Å². The van der Waals surface area contributed by atoms with Crippen LogP contribution in [0.5, 0.6) is 6.01 Å². The maximum atomic E-state index is 16.7. The average Bonchev–Trinajstić information content (AvgIpc) is 3.61. The van der Waals surface area contributed by atoms with Crippen LogP contribution in [0.15, 0.2) is 36.5 Å². The Bertz CT molecular complexity index is 1710. The Hall–Kier alpha value is -3.10. The number of rotatable bonds is 5. The van der Waals surface area contributed by atoms with Crippen molar-refractivity contribution >= 4 is 39.1 Å². The molecule has 3 aliphatic heterocycles.